The Bertz CT molecular complexity index is 1120. The molecule has 2 rings (SSSR count). The molecule has 198 valence electrons. The van der Waals surface area contributed by atoms with Gasteiger partial charge in [0, 0.05) is 30.6 Å². The molecule has 1 unspecified atom stereocenters. The Morgan fingerprint density at radius 3 is 2.25 bits per heavy atom. The summed E-state index contributed by atoms with van der Waals surface area (Å²) in [6.07, 6.45) is 1.90. The van der Waals surface area contributed by atoms with Crippen LogP contribution >= 0.6 is 11.6 Å². The maximum atomic E-state index is 13.4. The van der Waals surface area contributed by atoms with E-state index in [0.29, 0.717) is 22.9 Å². The molecule has 2 aromatic rings. The summed E-state index contributed by atoms with van der Waals surface area (Å²) in [5.41, 5.74) is 1.22. The van der Waals surface area contributed by atoms with Gasteiger partial charge >= 0.3 is 0 Å². The van der Waals surface area contributed by atoms with Crippen molar-refractivity contribution in [1.29, 1.82) is 0 Å². The Kier molecular flexibility index (Phi) is 11.0. The third-order valence-electron chi connectivity index (χ3n) is 5.63. The molecule has 0 bridgehead atoms. The normalized spacial score (nSPS) is 12.2. The Morgan fingerprint density at radius 1 is 1.08 bits per heavy atom. The predicted octanol–water partition coefficient (Wildman–Crippen LogP) is 4.23. The summed E-state index contributed by atoms with van der Waals surface area (Å²) in [7, 11) is -2.04. The highest BCUT2D eigenvalue weighted by Gasteiger charge is 2.29. The number of amides is 2. The number of sulfonamides is 1. The molecule has 0 aliphatic carbocycles. The Balaban J connectivity index is 2.22. The van der Waals surface area contributed by atoms with Gasteiger partial charge in [-0.05, 0) is 62.6 Å². The van der Waals surface area contributed by atoms with E-state index in [1.807, 2.05) is 32.9 Å². The van der Waals surface area contributed by atoms with E-state index < -0.39 is 16.1 Å². The van der Waals surface area contributed by atoms with Crippen LogP contribution in [0.15, 0.2) is 48.5 Å². The molecule has 0 fully saturated rings. The SMILES string of the molecule is CCC(C(=O)NC(C)C)N(Cc1ccccc1Cl)C(=O)CCCN(c1ccc(OC)cc1)S(C)(=O)=O. The molecule has 36 heavy (non-hydrogen) atoms. The lowest BCUT2D eigenvalue weighted by molar-refractivity contribution is -0.141. The van der Waals surface area contributed by atoms with Gasteiger partial charge in [-0.3, -0.25) is 13.9 Å². The van der Waals surface area contributed by atoms with Crippen molar-refractivity contribution in [3.63, 3.8) is 0 Å². The number of rotatable bonds is 13. The maximum Gasteiger partial charge on any atom is 0.243 e. The van der Waals surface area contributed by atoms with Crippen molar-refractivity contribution in [3.05, 3.63) is 59.1 Å². The third-order valence-corrected chi connectivity index (χ3v) is 7.19. The van der Waals surface area contributed by atoms with Crippen molar-refractivity contribution in [1.82, 2.24) is 10.2 Å². The lowest BCUT2D eigenvalue weighted by Crippen LogP contribution is -2.50. The molecule has 1 N–H and O–H groups in total. The van der Waals surface area contributed by atoms with Crippen LogP contribution in [0.5, 0.6) is 5.75 Å². The van der Waals surface area contributed by atoms with E-state index >= 15 is 0 Å². The van der Waals surface area contributed by atoms with Crippen LogP contribution in [0.3, 0.4) is 0 Å². The quantitative estimate of drug-likeness (QED) is 0.412. The fourth-order valence-corrected chi connectivity index (χ4v) is 5.02. The topological polar surface area (TPSA) is 96.0 Å². The van der Waals surface area contributed by atoms with Gasteiger partial charge in [0.25, 0.3) is 0 Å². The Hall–Kier alpha value is -2.78. The van der Waals surface area contributed by atoms with Crippen molar-refractivity contribution >= 4 is 39.1 Å². The molecular formula is C26H36ClN3O5S. The molecule has 0 spiro atoms. The highest BCUT2D eigenvalue weighted by atomic mass is 35.5. The van der Waals surface area contributed by atoms with Gasteiger partial charge in [-0.25, -0.2) is 8.42 Å². The molecule has 8 nitrogen and oxygen atoms in total. The van der Waals surface area contributed by atoms with E-state index in [2.05, 4.69) is 5.32 Å². The smallest absolute Gasteiger partial charge is 0.243 e. The fraction of sp³-hybridized carbons (Fsp3) is 0.462. The van der Waals surface area contributed by atoms with Crippen LogP contribution in [0.1, 0.15) is 45.6 Å². The summed E-state index contributed by atoms with van der Waals surface area (Å²) in [4.78, 5) is 27.9. The zero-order valence-corrected chi connectivity index (χ0v) is 23.1. The molecule has 0 aliphatic heterocycles. The molecule has 0 saturated heterocycles. The monoisotopic (exact) mass is 537 g/mol. The first kappa shape index (κ1) is 29.5. The van der Waals surface area contributed by atoms with Gasteiger partial charge in [0.05, 0.1) is 19.1 Å². The van der Waals surface area contributed by atoms with Crippen molar-refractivity contribution in [3.8, 4) is 5.75 Å². The number of nitrogens with one attached hydrogen (secondary N) is 1. The number of hydrogen-bond acceptors (Lipinski definition) is 5. The number of halogens is 1. The molecule has 0 aliphatic rings. The number of benzene rings is 2. The van der Waals surface area contributed by atoms with Crippen molar-refractivity contribution < 1.29 is 22.7 Å². The van der Waals surface area contributed by atoms with Gasteiger partial charge in [-0.2, -0.15) is 0 Å². The molecule has 0 aromatic heterocycles. The van der Waals surface area contributed by atoms with Crippen LogP contribution in [-0.4, -0.2) is 57.1 Å². The Labute approximate surface area is 219 Å². The summed E-state index contributed by atoms with van der Waals surface area (Å²) in [5, 5.41) is 3.40. The van der Waals surface area contributed by atoms with Crippen molar-refractivity contribution in [2.75, 3.05) is 24.2 Å². The van der Waals surface area contributed by atoms with Crippen LogP contribution < -0.4 is 14.4 Å². The van der Waals surface area contributed by atoms with E-state index in [4.69, 9.17) is 16.3 Å². The van der Waals surface area contributed by atoms with Crippen molar-refractivity contribution in [2.24, 2.45) is 0 Å². The summed E-state index contributed by atoms with van der Waals surface area (Å²) in [6, 6.07) is 13.1. The van der Waals surface area contributed by atoms with Crippen LogP contribution in [0, 0.1) is 0 Å². The van der Waals surface area contributed by atoms with Gasteiger partial charge in [0.15, 0.2) is 0 Å². The van der Waals surface area contributed by atoms with Gasteiger partial charge in [-0.15, -0.1) is 0 Å². The highest BCUT2D eigenvalue weighted by molar-refractivity contribution is 7.92. The molecule has 0 radical (unpaired) electrons. The first-order chi connectivity index (χ1) is 17.0. The summed E-state index contributed by atoms with van der Waals surface area (Å²) < 4.78 is 31.3. The first-order valence-corrected chi connectivity index (χ1v) is 14.2. The lowest BCUT2D eigenvalue weighted by Gasteiger charge is -2.32. The molecule has 2 amide bonds. The van der Waals surface area contributed by atoms with Gasteiger partial charge in [0.2, 0.25) is 21.8 Å². The van der Waals surface area contributed by atoms with Crippen LogP contribution in [0.25, 0.3) is 0 Å². The van der Waals surface area contributed by atoms with E-state index in [1.54, 1.807) is 36.4 Å². The van der Waals surface area contributed by atoms with E-state index in [-0.39, 0.29) is 43.8 Å². The minimum Gasteiger partial charge on any atom is -0.497 e. The lowest BCUT2D eigenvalue weighted by atomic mass is 10.1. The summed E-state index contributed by atoms with van der Waals surface area (Å²) in [6.45, 7) is 5.88. The predicted molar refractivity (Wildman–Crippen MR) is 144 cm³/mol. The van der Waals surface area contributed by atoms with Crippen LogP contribution in [0.4, 0.5) is 5.69 Å². The summed E-state index contributed by atoms with van der Waals surface area (Å²) >= 11 is 6.35. The minimum atomic E-state index is -3.57. The average molecular weight is 538 g/mol. The largest absolute Gasteiger partial charge is 0.497 e. The number of ether oxygens (including phenoxy) is 1. The number of hydrogen-bond donors (Lipinski definition) is 1. The second kappa shape index (κ2) is 13.5. The standard InChI is InChI=1S/C26H36ClN3O5S/c1-6-24(26(32)28-19(2)3)29(18-20-10-7-8-11-23(20)27)25(31)12-9-17-30(36(5,33)34)21-13-15-22(35-4)16-14-21/h7-8,10-11,13-16,19,24H,6,9,12,17-18H2,1-5H3,(H,28,32). The minimum absolute atomic E-state index is 0.0675. The fourth-order valence-electron chi connectivity index (χ4n) is 3.86. The number of nitrogens with zero attached hydrogens (tertiary/aromatic N) is 2. The van der Waals surface area contributed by atoms with Gasteiger partial charge < -0.3 is 15.0 Å². The third kappa shape index (κ3) is 8.41. The highest BCUT2D eigenvalue weighted by Crippen LogP contribution is 2.23. The first-order valence-electron chi connectivity index (χ1n) is 11.9. The molecule has 0 saturated carbocycles. The zero-order chi connectivity index (χ0) is 26.9. The van der Waals surface area contributed by atoms with Crippen LogP contribution in [0.2, 0.25) is 5.02 Å². The molecule has 2 aromatic carbocycles. The average Bonchev–Trinajstić information content (AvgIpc) is 2.81. The zero-order valence-electron chi connectivity index (χ0n) is 21.5. The van der Waals surface area contributed by atoms with Crippen LogP contribution in [-0.2, 0) is 26.2 Å². The van der Waals surface area contributed by atoms with E-state index in [0.717, 1.165) is 11.8 Å². The van der Waals surface area contributed by atoms with E-state index in [9.17, 15) is 18.0 Å². The van der Waals surface area contributed by atoms with Crippen molar-refractivity contribution in [2.45, 2.75) is 58.7 Å². The Morgan fingerprint density at radius 2 is 1.72 bits per heavy atom. The molecule has 1 atom stereocenters. The number of carbonyl (C=O) groups is 2. The maximum absolute atomic E-state index is 13.4. The summed E-state index contributed by atoms with van der Waals surface area (Å²) in [5.74, 6) is 0.135. The second-order valence-electron chi connectivity index (χ2n) is 8.84. The molecule has 0 heterocycles. The van der Waals surface area contributed by atoms with Gasteiger partial charge in [0.1, 0.15) is 11.8 Å². The number of anilines is 1. The second-order valence-corrected chi connectivity index (χ2v) is 11.2. The number of methoxy groups -OCH3 is 1. The number of carbonyl (C=O) groups excluding carboxylic acids is 2. The molecular weight excluding hydrogens is 502 g/mol. The molecule has 10 heteroatoms. The van der Waals surface area contributed by atoms with Gasteiger partial charge in [-0.1, -0.05) is 36.7 Å². The van der Waals surface area contributed by atoms with E-state index in [1.165, 1.54) is 16.3 Å².